The minimum absolute atomic E-state index is 0.126. The molecule has 0 radical (unpaired) electrons. The molecule has 0 atom stereocenters. The monoisotopic (exact) mass is 290 g/mol. The molecule has 0 fully saturated rings. The number of carbonyl (C=O) groups is 1. The van der Waals surface area contributed by atoms with Gasteiger partial charge in [0.1, 0.15) is 7.11 Å². The predicted octanol–water partition coefficient (Wildman–Crippen LogP) is 2.27. The fourth-order valence-corrected chi connectivity index (χ4v) is 1.43. The van der Waals surface area contributed by atoms with Crippen LogP contribution in [0.1, 0.15) is 5.56 Å². The molecule has 0 N–H and O–H groups in total. The van der Waals surface area contributed by atoms with Gasteiger partial charge in [-0.25, -0.2) is 4.79 Å². The van der Waals surface area contributed by atoms with Gasteiger partial charge in [-0.3, -0.25) is 0 Å². The molecule has 5 nitrogen and oxygen atoms in total. The maximum atomic E-state index is 12.6. The second-order valence-electron chi connectivity index (χ2n) is 3.70. The third-order valence-electron chi connectivity index (χ3n) is 2.42. The molecule has 20 heavy (non-hydrogen) atoms. The fraction of sp³-hybridized carbons (Fsp3) is 0.333. The first kappa shape index (κ1) is 15.8. The van der Waals surface area contributed by atoms with E-state index in [1.165, 1.54) is 26.3 Å². The van der Waals surface area contributed by atoms with Gasteiger partial charge in [0.2, 0.25) is 0 Å². The second-order valence-corrected chi connectivity index (χ2v) is 3.70. The van der Waals surface area contributed by atoms with Crippen LogP contribution < -0.4 is 4.90 Å². The number of ether oxygens (including phenoxy) is 1. The Hall–Kier alpha value is -2.25. The molecule has 1 aromatic carbocycles. The van der Waals surface area contributed by atoms with Gasteiger partial charge < -0.3 is 14.5 Å². The first-order valence-corrected chi connectivity index (χ1v) is 5.41. The van der Waals surface area contributed by atoms with Crippen LogP contribution in [0.3, 0.4) is 0 Å². The molecule has 110 valence electrons. The summed E-state index contributed by atoms with van der Waals surface area (Å²) in [7, 11) is 3.72. The predicted molar refractivity (Wildman–Crippen MR) is 66.3 cm³/mol. The summed E-state index contributed by atoms with van der Waals surface area (Å²) in [5, 5.41) is 3.45. The molecule has 0 saturated carbocycles. The maximum absolute atomic E-state index is 12.6. The number of benzene rings is 1. The molecular weight excluding hydrogens is 277 g/mol. The topological polar surface area (TPSA) is 51.1 Å². The smallest absolute Gasteiger partial charge is 0.416 e. The molecular formula is C12H13F3N2O3. The van der Waals surface area contributed by atoms with Crippen LogP contribution in [0.25, 0.3) is 0 Å². The van der Waals surface area contributed by atoms with Crippen molar-refractivity contribution in [2.75, 3.05) is 26.2 Å². The number of rotatable bonds is 2. The normalized spacial score (nSPS) is 12.0. The Morgan fingerprint density at radius 3 is 2.45 bits per heavy atom. The molecule has 0 bridgehead atoms. The van der Waals surface area contributed by atoms with Crippen LogP contribution in [-0.4, -0.2) is 33.1 Å². The van der Waals surface area contributed by atoms with Gasteiger partial charge in [0.05, 0.1) is 12.7 Å². The lowest BCUT2D eigenvalue weighted by Gasteiger charge is -2.20. The lowest BCUT2D eigenvalue weighted by atomic mass is 10.2. The zero-order valence-electron chi connectivity index (χ0n) is 11.1. The molecule has 0 amide bonds. The van der Waals surface area contributed by atoms with E-state index in [-0.39, 0.29) is 11.5 Å². The number of likely N-dealkylation sites (N-methyl/N-ethyl adjacent to an activating group) is 1. The van der Waals surface area contributed by atoms with E-state index in [0.717, 1.165) is 24.1 Å². The molecule has 0 aromatic heterocycles. The maximum Gasteiger partial charge on any atom is 0.416 e. The number of halogens is 3. The zero-order valence-corrected chi connectivity index (χ0v) is 11.1. The van der Waals surface area contributed by atoms with Crippen molar-refractivity contribution < 1.29 is 27.5 Å². The molecule has 0 aliphatic carbocycles. The summed E-state index contributed by atoms with van der Waals surface area (Å²) >= 11 is 0. The summed E-state index contributed by atoms with van der Waals surface area (Å²) in [5.74, 6) is -1.10. The average Bonchev–Trinajstić information content (AvgIpc) is 2.42. The number of esters is 1. The van der Waals surface area contributed by atoms with Gasteiger partial charge in [0.25, 0.3) is 5.84 Å². The standard InChI is InChI=1S/C12H13F3N2O3/c1-17(10(16-20-3)11(18)19-2)9-6-4-5-8(7-9)12(13,14)15/h4-7H,1-3H3. The van der Waals surface area contributed by atoms with E-state index in [0.29, 0.717) is 0 Å². The van der Waals surface area contributed by atoms with Crippen molar-refractivity contribution in [1.29, 1.82) is 0 Å². The minimum atomic E-state index is -4.47. The first-order valence-electron chi connectivity index (χ1n) is 5.41. The first-order chi connectivity index (χ1) is 9.31. The zero-order chi connectivity index (χ0) is 15.3. The van der Waals surface area contributed by atoms with Gasteiger partial charge in [0, 0.05) is 12.7 Å². The van der Waals surface area contributed by atoms with Crippen LogP contribution in [0.15, 0.2) is 29.4 Å². The van der Waals surface area contributed by atoms with E-state index >= 15 is 0 Å². The highest BCUT2D eigenvalue weighted by Gasteiger charge is 2.31. The number of hydrogen-bond donors (Lipinski definition) is 0. The van der Waals surface area contributed by atoms with Crippen LogP contribution >= 0.6 is 0 Å². The van der Waals surface area contributed by atoms with Gasteiger partial charge in [-0.05, 0) is 18.2 Å². The molecule has 8 heteroatoms. The van der Waals surface area contributed by atoms with Gasteiger partial charge in [-0.15, -0.1) is 0 Å². The number of amidine groups is 1. The van der Waals surface area contributed by atoms with Gasteiger partial charge in [-0.2, -0.15) is 13.2 Å². The van der Waals surface area contributed by atoms with Gasteiger partial charge in [0.15, 0.2) is 0 Å². The van der Waals surface area contributed by atoms with Crippen LogP contribution in [-0.2, 0) is 20.5 Å². The Morgan fingerprint density at radius 2 is 1.95 bits per heavy atom. The van der Waals surface area contributed by atoms with Gasteiger partial charge >= 0.3 is 12.1 Å². The van der Waals surface area contributed by atoms with E-state index in [4.69, 9.17) is 0 Å². The Bertz CT molecular complexity index is 515. The Morgan fingerprint density at radius 1 is 1.30 bits per heavy atom. The van der Waals surface area contributed by atoms with Crippen molar-refractivity contribution in [2.24, 2.45) is 5.16 Å². The number of hydrogen-bond acceptors (Lipinski definition) is 4. The average molecular weight is 290 g/mol. The highest BCUT2D eigenvalue weighted by atomic mass is 19.4. The molecule has 0 unspecified atom stereocenters. The third kappa shape index (κ3) is 3.62. The van der Waals surface area contributed by atoms with E-state index in [9.17, 15) is 18.0 Å². The highest BCUT2D eigenvalue weighted by Crippen LogP contribution is 2.31. The number of anilines is 1. The van der Waals surface area contributed by atoms with Crippen molar-refractivity contribution >= 4 is 17.5 Å². The van der Waals surface area contributed by atoms with Crippen LogP contribution in [0, 0.1) is 0 Å². The lowest BCUT2D eigenvalue weighted by molar-refractivity contribution is -0.137. The number of carbonyl (C=O) groups excluding carboxylic acids is 1. The van der Waals surface area contributed by atoms with Crippen molar-refractivity contribution in [1.82, 2.24) is 0 Å². The molecule has 0 aliphatic heterocycles. The van der Waals surface area contributed by atoms with Crippen molar-refractivity contribution in [3.63, 3.8) is 0 Å². The second kappa shape index (κ2) is 6.27. The number of alkyl halides is 3. The van der Waals surface area contributed by atoms with E-state index in [1.807, 2.05) is 0 Å². The quantitative estimate of drug-likeness (QED) is 0.363. The van der Waals surface area contributed by atoms with E-state index in [2.05, 4.69) is 14.7 Å². The molecule has 0 saturated heterocycles. The highest BCUT2D eigenvalue weighted by molar-refractivity contribution is 6.40. The molecule has 0 spiro atoms. The fourth-order valence-electron chi connectivity index (χ4n) is 1.43. The van der Waals surface area contributed by atoms with E-state index in [1.54, 1.807) is 0 Å². The summed E-state index contributed by atoms with van der Waals surface area (Å²) in [6.07, 6.45) is -4.47. The van der Waals surface area contributed by atoms with Gasteiger partial charge in [-0.1, -0.05) is 11.2 Å². The largest absolute Gasteiger partial charge is 0.463 e. The van der Waals surface area contributed by atoms with Crippen LogP contribution in [0.2, 0.25) is 0 Å². The number of methoxy groups -OCH3 is 1. The van der Waals surface area contributed by atoms with Crippen LogP contribution in [0.5, 0.6) is 0 Å². The van der Waals surface area contributed by atoms with E-state index < -0.39 is 17.7 Å². The Labute approximate surface area is 113 Å². The summed E-state index contributed by atoms with van der Waals surface area (Å²) in [4.78, 5) is 17.1. The van der Waals surface area contributed by atoms with Crippen molar-refractivity contribution in [2.45, 2.75) is 6.18 Å². The summed E-state index contributed by atoms with van der Waals surface area (Å²) in [6, 6.07) is 4.47. The number of oxime groups is 1. The summed E-state index contributed by atoms with van der Waals surface area (Å²) in [5.41, 5.74) is -0.704. The molecule has 0 aliphatic rings. The Balaban J connectivity index is 3.16. The van der Waals surface area contributed by atoms with Crippen molar-refractivity contribution in [3.8, 4) is 0 Å². The Kier molecular flexibility index (Phi) is 4.95. The summed E-state index contributed by atoms with van der Waals surface area (Å²) < 4.78 is 42.4. The SMILES string of the molecule is CON=C(C(=O)OC)N(C)c1cccc(C(F)(F)F)c1. The molecule has 1 rings (SSSR count). The lowest BCUT2D eigenvalue weighted by Crippen LogP contribution is -2.34. The van der Waals surface area contributed by atoms with Crippen LogP contribution in [0.4, 0.5) is 18.9 Å². The summed E-state index contributed by atoms with van der Waals surface area (Å²) in [6.45, 7) is 0. The molecule has 1 aromatic rings. The minimum Gasteiger partial charge on any atom is -0.463 e. The number of nitrogens with zero attached hydrogens (tertiary/aromatic N) is 2. The van der Waals surface area contributed by atoms with Crippen molar-refractivity contribution in [3.05, 3.63) is 29.8 Å². The third-order valence-corrected chi connectivity index (χ3v) is 2.42. The molecule has 0 heterocycles.